The van der Waals surface area contributed by atoms with E-state index in [4.69, 9.17) is 0 Å². The number of thiophene rings is 1. The third-order valence-electron chi connectivity index (χ3n) is 3.98. The van der Waals surface area contributed by atoms with E-state index in [0.717, 1.165) is 27.6 Å². The van der Waals surface area contributed by atoms with Gasteiger partial charge in [0.1, 0.15) is 0 Å². The molecule has 2 N–H and O–H groups in total. The van der Waals surface area contributed by atoms with Crippen molar-refractivity contribution in [3.63, 3.8) is 0 Å². The van der Waals surface area contributed by atoms with E-state index in [0.29, 0.717) is 5.56 Å². The van der Waals surface area contributed by atoms with Crippen LogP contribution in [0.3, 0.4) is 0 Å². The molecule has 4 rings (SSSR count). The lowest BCUT2D eigenvalue weighted by Crippen LogP contribution is -2.27. The van der Waals surface area contributed by atoms with Crippen LogP contribution >= 0.6 is 11.3 Å². The van der Waals surface area contributed by atoms with E-state index in [-0.39, 0.29) is 5.91 Å². The van der Waals surface area contributed by atoms with Crippen molar-refractivity contribution in [2.75, 3.05) is 5.32 Å². The number of hydrogen-bond donors (Lipinski definition) is 2. The zero-order valence-electron chi connectivity index (χ0n) is 13.1. The van der Waals surface area contributed by atoms with Crippen molar-refractivity contribution < 1.29 is 9.20 Å². The lowest BCUT2D eigenvalue weighted by Gasteiger charge is -2.04. The molecule has 0 bridgehead atoms. The Hall–Kier alpha value is -2.92. The van der Waals surface area contributed by atoms with Crippen molar-refractivity contribution in [3.8, 4) is 10.6 Å². The molecule has 0 radical (unpaired) electrons. The Morgan fingerprint density at radius 2 is 1.92 bits per heavy atom. The van der Waals surface area contributed by atoms with E-state index in [2.05, 4.69) is 10.3 Å². The van der Waals surface area contributed by atoms with Gasteiger partial charge in [0.2, 0.25) is 5.65 Å². The minimum absolute atomic E-state index is 0.108. The molecule has 0 saturated heterocycles. The number of imidazole rings is 1. The molecule has 3 heterocycles. The zero-order valence-corrected chi connectivity index (χ0v) is 13.9. The predicted molar refractivity (Wildman–Crippen MR) is 96.4 cm³/mol. The normalized spacial score (nSPS) is 10.9. The monoisotopic (exact) mass is 334 g/mol. The van der Waals surface area contributed by atoms with Crippen molar-refractivity contribution >= 4 is 28.7 Å². The minimum atomic E-state index is -0.108. The van der Waals surface area contributed by atoms with Gasteiger partial charge >= 0.3 is 5.91 Å². The van der Waals surface area contributed by atoms with Crippen LogP contribution in [0.2, 0.25) is 0 Å². The van der Waals surface area contributed by atoms with E-state index in [1.165, 1.54) is 0 Å². The fourth-order valence-electron chi connectivity index (χ4n) is 2.77. The number of aromatic amines is 1. The van der Waals surface area contributed by atoms with Crippen LogP contribution in [-0.4, -0.2) is 10.9 Å². The van der Waals surface area contributed by atoms with E-state index in [1.807, 2.05) is 77.5 Å². The van der Waals surface area contributed by atoms with E-state index in [1.54, 1.807) is 11.3 Å². The molecule has 24 heavy (non-hydrogen) atoms. The average molecular weight is 334 g/mol. The smallest absolute Gasteiger partial charge is 0.266 e. The third kappa shape index (κ3) is 2.49. The topological polar surface area (TPSA) is 49.0 Å². The number of rotatable bonds is 3. The summed E-state index contributed by atoms with van der Waals surface area (Å²) >= 11 is 1.64. The highest BCUT2D eigenvalue weighted by Gasteiger charge is 2.24. The van der Waals surface area contributed by atoms with Crippen LogP contribution in [0.15, 0.2) is 66.2 Å². The van der Waals surface area contributed by atoms with Gasteiger partial charge < -0.3 is 0 Å². The highest BCUT2D eigenvalue weighted by Crippen LogP contribution is 2.29. The molecule has 0 spiro atoms. The second kappa shape index (κ2) is 5.94. The number of amides is 1. The Balaban J connectivity index is 1.82. The Morgan fingerprint density at radius 3 is 2.71 bits per heavy atom. The summed E-state index contributed by atoms with van der Waals surface area (Å²) in [5, 5.41) is 5.10. The molecule has 4 nitrogen and oxygen atoms in total. The molecule has 4 aromatic rings. The van der Waals surface area contributed by atoms with Gasteiger partial charge in [0.15, 0.2) is 5.69 Å². The first-order chi connectivity index (χ1) is 11.7. The Morgan fingerprint density at radius 1 is 1.08 bits per heavy atom. The van der Waals surface area contributed by atoms with E-state index < -0.39 is 0 Å². The van der Waals surface area contributed by atoms with Crippen LogP contribution in [0.5, 0.6) is 0 Å². The summed E-state index contributed by atoms with van der Waals surface area (Å²) in [5.74, 6) is 0.643. The largest absolute Gasteiger partial charge is 0.312 e. The van der Waals surface area contributed by atoms with Crippen LogP contribution in [0.4, 0.5) is 5.82 Å². The van der Waals surface area contributed by atoms with Gasteiger partial charge in [-0.3, -0.25) is 9.78 Å². The highest BCUT2D eigenvalue weighted by molar-refractivity contribution is 7.13. The molecule has 5 heteroatoms. The molecule has 0 aliphatic carbocycles. The second-order valence-corrected chi connectivity index (χ2v) is 6.50. The van der Waals surface area contributed by atoms with E-state index in [9.17, 15) is 4.79 Å². The lowest BCUT2D eigenvalue weighted by molar-refractivity contribution is -0.493. The number of nitrogens with one attached hydrogen (secondary N) is 2. The van der Waals surface area contributed by atoms with Crippen molar-refractivity contribution in [3.05, 3.63) is 77.3 Å². The fourth-order valence-corrected chi connectivity index (χ4v) is 3.50. The number of hydrogen-bond acceptors (Lipinski definition) is 2. The number of carbonyl (C=O) groups excluding carboxylic acids is 1. The van der Waals surface area contributed by atoms with Crippen LogP contribution in [0.25, 0.3) is 16.2 Å². The highest BCUT2D eigenvalue weighted by atomic mass is 32.1. The predicted octanol–water partition coefficient (Wildman–Crippen LogP) is 4.04. The average Bonchev–Trinajstić information content (AvgIpc) is 3.23. The Kier molecular flexibility index (Phi) is 3.63. The Labute approximate surface area is 143 Å². The SMILES string of the molecule is Cc1ccccc1C(=O)Nc1c(-c2cccs2)[nH]c2cccc[n+]12. The van der Waals surface area contributed by atoms with Crippen LogP contribution in [0.1, 0.15) is 15.9 Å². The maximum absolute atomic E-state index is 12.8. The summed E-state index contributed by atoms with van der Waals surface area (Å²) in [6.45, 7) is 1.94. The van der Waals surface area contributed by atoms with Gasteiger partial charge in [-0.2, -0.15) is 0 Å². The summed E-state index contributed by atoms with van der Waals surface area (Å²) in [7, 11) is 0. The molecule has 0 atom stereocenters. The van der Waals surface area contributed by atoms with Crippen molar-refractivity contribution in [1.29, 1.82) is 0 Å². The molecule has 1 aromatic carbocycles. The van der Waals surface area contributed by atoms with Crippen LogP contribution < -0.4 is 9.72 Å². The van der Waals surface area contributed by atoms with Gasteiger partial charge in [-0.1, -0.05) is 30.3 Å². The number of benzene rings is 1. The lowest BCUT2D eigenvalue weighted by atomic mass is 10.1. The van der Waals surface area contributed by atoms with Gasteiger partial charge in [-0.25, -0.2) is 9.72 Å². The third-order valence-corrected chi connectivity index (χ3v) is 4.87. The number of nitrogens with zero attached hydrogens (tertiary/aromatic N) is 1. The number of fused-ring (bicyclic) bond motifs is 1. The first-order valence-electron chi connectivity index (χ1n) is 7.67. The minimum Gasteiger partial charge on any atom is -0.266 e. The molecule has 0 aliphatic heterocycles. The van der Waals surface area contributed by atoms with Crippen LogP contribution in [-0.2, 0) is 0 Å². The van der Waals surface area contributed by atoms with Gasteiger partial charge in [0.05, 0.1) is 16.6 Å². The van der Waals surface area contributed by atoms with Gasteiger partial charge in [-0.15, -0.1) is 11.3 Å². The van der Waals surface area contributed by atoms with Crippen molar-refractivity contribution in [1.82, 2.24) is 4.98 Å². The quantitative estimate of drug-likeness (QED) is 0.546. The summed E-state index contributed by atoms with van der Waals surface area (Å²) in [6.07, 6.45) is 1.94. The summed E-state index contributed by atoms with van der Waals surface area (Å²) < 4.78 is 1.96. The maximum atomic E-state index is 12.8. The van der Waals surface area contributed by atoms with E-state index >= 15 is 0 Å². The molecule has 0 saturated carbocycles. The number of aromatic nitrogens is 2. The fraction of sp³-hybridized carbons (Fsp3) is 0.0526. The van der Waals surface area contributed by atoms with Crippen molar-refractivity contribution in [2.45, 2.75) is 6.92 Å². The molecular formula is C19H16N3OS+. The molecule has 3 aromatic heterocycles. The first kappa shape index (κ1) is 14.7. The van der Waals surface area contributed by atoms with Crippen molar-refractivity contribution in [2.24, 2.45) is 0 Å². The number of carbonyl (C=O) groups is 1. The standard InChI is InChI=1S/C19H15N3OS/c1-13-7-2-3-8-14(13)19(23)21-18-17(15-9-6-12-24-15)20-16-10-4-5-11-22(16)18/h2-12H,1H3,(H,21,23)/p+1. The van der Waals surface area contributed by atoms with Gasteiger partial charge in [-0.05, 0) is 36.1 Å². The zero-order chi connectivity index (χ0) is 16.5. The maximum Gasteiger partial charge on any atom is 0.312 e. The summed E-state index contributed by atoms with van der Waals surface area (Å²) in [6, 6.07) is 17.5. The van der Waals surface area contributed by atoms with Gasteiger partial charge in [0.25, 0.3) is 5.82 Å². The van der Waals surface area contributed by atoms with Crippen LogP contribution in [0, 0.1) is 6.92 Å². The first-order valence-corrected chi connectivity index (χ1v) is 8.55. The second-order valence-electron chi connectivity index (χ2n) is 5.55. The molecule has 0 fully saturated rings. The Bertz CT molecular complexity index is 1020. The number of aryl methyl sites for hydroxylation is 1. The number of anilines is 1. The summed E-state index contributed by atoms with van der Waals surface area (Å²) in [5.41, 5.74) is 3.48. The molecule has 0 aliphatic rings. The van der Waals surface area contributed by atoms with Gasteiger partial charge in [0, 0.05) is 6.07 Å². The summed E-state index contributed by atoms with van der Waals surface area (Å²) in [4.78, 5) is 17.2. The molecule has 118 valence electrons. The molecule has 1 amide bonds. The number of pyridine rings is 1. The molecule has 0 unspecified atom stereocenters. The molecular weight excluding hydrogens is 318 g/mol. The number of H-pyrrole nitrogens is 1.